The van der Waals surface area contributed by atoms with Gasteiger partial charge in [-0.3, -0.25) is 5.73 Å². The molecule has 2 nitrogen and oxygen atoms in total. The predicted octanol–water partition coefficient (Wildman–Crippen LogP) is 0.775. The molecule has 0 radical (unpaired) electrons. The van der Waals surface area contributed by atoms with Crippen molar-refractivity contribution in [3.8, 4) is 24.7 Å². The summed E-state index contributed by atoms with van der Waals surface area (Å²) in [4.78, 5) is 1.83. The van der Waals surface area contributed by atoms with E-state index in [1.165, 1.54) is 11.8 Å². The molecule has 0 aromatic rings. The number of nitrogens with zero attached hydrogens (tertiary/aromatic N) is 1. The second-order valence-corrected chi connectivity index (χ2v) is 3.80. The molecule has 0 amide bonds. The summed E-state index contributed by atoms with van der Waals surface area (Å²) in [5.74, 6) is 5.07. The fourth-order valence-corrected chi connectivity index (χ4v) is 1.95. The Morgan fingerprint density at radius 1 is 1.58 bits per heavy atom. The maximum absolute atomic E-state index is 5.87. The van der Waals surface area contributed by atoms with Gasteiger partial charge >= 0.3 is 0 Å². The van der Waals surface area contributed by atoms with Crippen LogP contribution in [0.5, 0.6) is 0 Å². The first-order valence-corrected chi connectivity index (χ1v) is 4.24. The highest BCUT2D eigenvalue weighted by molar-refractivity contribution is 8.05. The van der Waals surface area contributed by atoms with E-state index in [2.05, 4.69) is 11.8 Å². The van der Waals surface area contributed by atoms with Gasteiger partial charge in [0.25, 0.3) is 0 Å². The lowest BCUT2D eigenvalue weighted by atomic mass is 10.3. The Morgan fingerprint density at radius 3 is 2.42 bits per heavy atom. The Morgan fingerprint density at radius 2 is 2.17 bits per heavy atom. The van der Waals surface area contributed by atoms with Gasteiger partial charge in [0.2, 0.25) is 4.99 Å². The van der Waals surface area contributed by atoms with Crippen LogP contribution in [0.2, 0.25) is 0 Å². The number of nitrogens with two attached hydrogens (primary N) is 1. The second kappa shape index (κ2) is 2.79. The molecule has 1 unspecified atom stereocenters. The SMILES string of the molecule is C#CC1=C(C)N(C)C(N)(C#C)S1. The van der Waals surface area contributed by atoms with Crippen LogP contribution in [0, 0.1) is 24.7 Å². The molecular weight excluding hydrogens is 168 g/mol. The summed E-state index contributed by atoms with van der Waals surface area (Å²) in [5.41, 5.74) is 6.83. The molecule has 62 valence electrons. The first-order valence-electron chi connectivity index (χ1n) is 3.42. The van der Waals surface area contributed by atoms with E-state index in [1.54, 1.807) is 0 Å². The molecule has 0 bridgehead atoms. The molecule has 2 N–H and O–H groups in total. The van der Waals surface area contributed by atoms with Gasteiger partial charge in [-0.2, -0.15) is 0 Å². The zero-order valence-corrected chi connectivity index (χ0v) is 7.90. The Hall–Kier alpha value is -1.03. The standard InChI is InChI=1S/C9H10N2S/c1-5-8-7(3)11(4)9(10,6-2)12-8/h1-2H,10H2,3-4H3. The summed E-state index contributed by atoms with van der Waals surface area (Å²) in [6, 6.07) is 0. The molecule has 1 atom stereocenters. The smallest absolute Gasteiger partial charge is 0.205 e. The number of hydrogen-bond donors (Lipinski definition) is 1. The lowest BCUT2D eigenvalue weighted by molar-refractivity contribution is 0.347. The molecule has 0 saturated carbocycles. The van der Waals surface area contributed by atoms with Crippen LogP contribution in [0.25, 0.3) is 0 Å². The van der Waals surface area contributed by atoms with Crippen LogP contribution >= 0.6 is 11.8 Å². The van der Waals surface area contributed by atoms with Crippen molar-refractivity contribution in [2.75, 3.05) is 7.05 Å². The van der Waals surface area contributed by atoms with E-state index in [1.807, 2.05) is 18.9 Å². The Balaban J connectivity index is 3.05. The minimum Gasteiger partial charge on any atom is -0.340 e. The summed E-state index contributed by atoms with van der Waals surface area (Å²) in [7, 11) is 1.84. The molecule has 1 aliphatic rings. The second-order valence-electron chi connectivity index (χ2n) is 2.56. The fraction of sp³-hybridized carbons (Fsp3) is 0.333. The fourth-order valence-electron chi connectivity index (χ4n) is 0.960. The van der Waals surface area contributed by atoms with E-state index in [9.17, 15) is 0 Å². The van der Waals surface area contributed by atoms with Gasteiger partial charge in [-0.25, -0.2) is 0 Å². The van der Waals surface area contributed by atoms with Crippen molar-refractivity contribution < 1.29 is 0 Å². The third kappa shape index (κ3) is 1.08. The summed E-state index contributed by atoms with van der Waals surface area (Å²) in [6.45, 7) is 1.91. The lowest BCUT2D eigenvalue weighted by Crippen LogP contribution is -2.46. The van der Waals surface area contributed by atoms with Gasteiger partial charge < -0.3 is 4.90 Å². The summed E-state index contributed by atoms with van der Waals surface area (Å²) < 4.78 is 0. The van der Waals surface area contributed by atoms with Crippen LogP contribution < -0.4 is 5.73 Å². The normalized spacial score (nSPS) is 28.6. The minimum absolute atomic E-state index is 0.800. The van der Waals surface area contributed by atoms with Gasteiger partial charge in [0.15, 0.2) is 0 Å². The predicted molar refractivity (Wildman–Crippen MR) is 52.6 cm³/mol. The summed E-state index contributed by atoms with van der Waals surface area (Å²) in [5, 5.41) is 0. The van der Waals surface area contributed by atoms with Crippen LogP contribution in [0.1, 0.15) is 6.92 Å². The summed E-state index contributed by atoms with van der Waals surface area (Å²) in [6.07, 6.45) is 10.6. The highest BCUT2D eigenvalue weighted by atomic mass is 32.2. The van der Waals surface area contributed by atoms with E-state index in [0.717, 1.165) is 10.6 Å². The molecule has 0 saturated heterocycles. The molecule has 0 aliphatic carbocycles. The van der Waals surface area contributed by atoms with Crippen molar-refractivity contribution in [3.05, 3.63) is 10.6 Å². The molecule has 0 spiro atoms. The van der Waals surface area contributed by atoms with Crippen molar-refractivity contribution >= 4 is 11.8 Å². The van der Waals surface area contributed by atoms with E-state index in [-0.39, 0.29) is 0 Å². The average Bonchev–Trinajstić information content (AvgIpc) is 2.31. The third-order valence-corrected chi connectivity index (χ3v) is 3.25. The van der Waals surface area contributed by atoms with Crippen LogP contribution in [-0.2, 0) is 0 Å². The van der Waals surface area contributed by atoms with Crippen LogP contribution in [-0.4, -0.2) is 16.9 Å². The number of rotatable bonds is 0. The molecule has 3 heteroatoms. The quantitative estimate of drug-likeness (QED) is 0.556. The zero-order valence-electron chi connectivity index (χ0n) is 7.09. The molecule has 12 heavy (non-hydrogen) atoms. The van der Waals surface area contributed by atoms with Crippen LogP contribution in [0.15, 0.2) is 10.6 Å². The van der Waals surface area contributed by atoms with Gasteiger partial charge in [-0.1, -0.05) is 23.6 Å². The van der Waals surface area contributed by atoms with E-state index >= 15 is 0 Å². The first-order chi connectivity index (χ1) is 5.55. The van der Waals surface area contributed by atoms with Crippen molar-refractivity contribution in [3.63, 3.8) is 0 Å². The minimum atomic E-state index is -0.800. The van der Waals surface area contributed by atoms with Crippen LogP contribution in [0.4, 0.5) is 0 Å². The number of hydrogen-bond acceptors (Lipinski definition) is 3. The lowest BCUT2D eigenvalue weighted by Gasteiger charge is -2.27. The first kappa shape index (κ1) is 9.06. The average molecular weight is 178 g/mol. The Labute approximate surface area is 77.2 Å². The largest absolute Gasteiger partial charge is 0.340 e. The topological polar surface area (TPSA) is 29.3 Å². The maximum Gasteiger partial charge on any atom is 0.205 e. The van der Waals surface area contributed by atoms with Gasteiger partial charge in [0.1, 0.15) is 0 Å². The molecule has 0 aromatic heterocycles. The van der Waals surface area contributed by atoms with E-state index < -0.39 is 4.99 Å². The molecule has 1 aliphatic heterocycles. The molecule has 0 fully saturated rings. The monoisotopic (exact) mass is 178 g/mol. The molecule has 1 rings (SSSR count). The molecular formula is C9H10N2S. The third-order valence-electron chi connectivity index (χ3n) is 1.93. The van der Waals surface area contributed by atoms with Gasteiger partial charge in [0, 0.05) is 12.7 Å². The van der Waals surface area contributed by atoms with E-state index in [4.69, 9.17) is 18.6 Å². The van der Waals surface area contributed by atoms with Gasteiger partial charge in [-0.15, -0.1) is 12.8 Å². The highest BCUT2D eigenvalue weighted by Gasteiger charge is 2.37. The van der Waals surface area contributed by atoms with Crippen molar-refractivity contribution in [1.82, 2.24) is 4.90 Å². The van der Waals surface area contributed by atoms with Gasteiger partial charge in [-0.05, 0) is 6.92 Å². The zero-order chi connectivity index (χ0) is 9.35. The van der Waals surface area contributed by atoms with Crippen molar-refractivity contribution in [2.45, 2.75) is 11.9 Å². The Bertz CT molecular complexity index is 318. The van der Waals surface area contributed by atoms with E-state index in [0.29, 0.717) is 0 Å². The van der Waals surface area contributed by atoms with Gasteiger partial charge in [0.05, 0.1) is 4.91 Å². The van der Waals surface area contributed by atoms with Crippen molar-refractivity contribution in [1.29, 1.82) is 0 Å². The molecule has 1 heterocycles. The highest BCUT2D eigenvalue weighted by Crippen LogP contribution is 2.40. The number of thioether (sulfide) groups is 1. The Kier molecular flexibility index (Phi) is 2.10. The number of allylic oxidation sites excluding steroid dienone is 2. The molecule has 0 aromatic carbocycles. The summed E-state index contributed by atoms with van der Waals surface area (Å²) >= 11 is 1.34. The van der Waals surface area contributed by atoms with Crippen LogP contribution in [0.3, 0.4) is 0 Å². The number of terminal acetylenes is 2. The van der Waals surface area contributed by atoms with Crippen molar-refractivity contribution in [2.24, 2.45) is 5.73 Å². The maximum atomic E-state index is 5.87.